The molecule has 3 nitrogen and oxygen atoms in total. The highest BCUT2D eigenvalue weighted by molar-refractivity contribution is 7.89. The fourth-order valence-electron chi connectivity index (χ4n) is 1.18. The third-order valence-electron chi connectivity index (χ3n) is 2.23. The van der Waals surface area contributed by atoms with Gasteiger partial charge >= 0.3 is 0 Å². The lowest BCUT2D eigenvalue weighted by atomic mass is 10.2. The molecule has 0 saturated heterocycles. The van der Waals surface area contributed by atoms with Crippen molar-refractivity contribution in [2.75, 3.05) is 13.6 Å². The molecule has 14 heavy (non-hydrogen) atoms. The van der Waals surface area contributed by atoms with Crippen LogP contribution >= 0.6 is 0 Å². The summed E-state index contributed by atoms with van der Waals surface area (Å²) in [5.41, 5.74) is 0.785. The molecular weight excluding hydrogens is 198 g/mol. The summed E-state index contributed by atoms with van der Waals surface area (Å²) >= 11 is 0. The maximum Gasteiger partial charge on any atom is 0.243 e. The summed E-state index contributed by atoms with van der Waals surface area (Å²) in [6.07, 6.45) is 0. The highest BCUT2D eigenvalue weighted by Gasteiger charge is 2.20. The first kappa shape index (κ1) is 11.2. The maximum atomic E-state index is 11.9. The molecule has 0 aromatic heterocycles. The molecule has 0 amide bonds. The van der Waals surface area contributed by atoms with Crippen molar-refractivity contribution >= 4 is 10.0 Å². The summed E-state index contributed by atoms with van der Waals surface area (Å²) in [7, 11) is -1.70. The monoisotopic (exact) mass is 213 g/mol. The number of rotatable bonds is 3. The Morgan fingerprint density at radius 2 is 1.86 bits per heavy atom. The fourth-order valence-corrected chi connectivity index (χ4v) is 2.58. The average Bonchev–Trinajstić information content (AvgIpc) is 2.17. The van der Waals surface area contributed by atoms with E-state index in [-0.39, 0.29) is 0 Å². The Bertz CT molecular complexity index is 412. The van der Waals surface area contributed by atoms with E-state index in [1.807, 2.05) is 13.0 Å². The lowest BCUT2D eigenvalue weighted by Gasteiger charge is -2.16. The molecular formula is C10H15NO2S. The van der Waals surface area contributed by atoms with E-state index < -0.39 is 10.0 Å². The highest BCUT2D eigenvalue weighted by atomic mass is 32.2. The zero-order valence-electron chi connectivity index (χ0n) is 8.69. The standard InChI is InChI=1S/C10H15NO2S/c1-4-11(3)14(12,13)10-8-6-5-7-9(10)2/h5-8H,4H2,1-3H3. The molecule has 0 aliphatic carbocycles. The van der Waals surface area contributed by atoms with Gasteiger partial charge in [-0.2, -0.15) is 0 Å². The van der Waals surface area contributed by atoms with Gasteiger partial charge in [-0.1, -0.05) is 25.1 Å². The predicted octanol–water partition coefficient (Wildman–Crippen LogP) is 1.64. The lowest BCUT2D eigenvalue weighted by molar-refractivity contribution is 0.486. The van der Waals surface area contributed by atoms with Gasteiger partial charge in [0.25, 0.3) is 0 Å². The molecule has 1 rings (SSSR count). The summed E-state index contributed by atoms with van der Waals surface area (Å²) in [5.74, 6) is 0. The van der Waals surface area contributed by atoms with Gasteiger partial charge in [-0.15, -0.1) is 0 Å². The van der Waals surface area contributed by atoms with Crippen LogP contribution in [0.5, 0.6) is 0 Å². The van der Waals surface area contributed by atoms with E-state index in [2.05, 4.69) is 0 Å². The van der Waals surface area contributed by atoms with Gasteiger partial charge in [0.05, 0.1) is 4.90 Å². The van der Waals surface area contributed by atoms with Crippen LogP contribution in [0.1, 0.15) is 12.5 Å². The van der Waals surface area contributed by atoms with Crippen molar-refractivity contribution in [2.45, 2.75) is 18.7 Å². The summed E-state index contributed by atoms with van der Waals surface area (Å²) in [5, 5.41) is 0. The Kier molecular flexibility index (Phi) is 3.29. The first-order valence-corrected chi connectivity index (χ1v) is 5.96. The van der Waals surface area contributed by atoms with E-state index in [1.165, 1.54) is 4.31 Å². The van der Waals surface area contributed by atoms with E-state index in [0.29, 0.717) is 11.4 Å². The number of benzene rings is 1. The van der Waals surface area contributed by atoms with Crippen LogP contribution in [0.25, 0.3) is 0 Å². The molecule has 0 saturated carbocycles. The SMILES string of the molecule is CCN(C)S(=O)(=O)c1ccccc1C. The quantitative estimate of drug-likeness (QED) is 0.765. The van der Waals surface area contributed by atoms with E-state index >= 15 is 0 Å². The molecule has 4 heteroatoms. The number of hydrogen-bond donors (Lipinski definition) is 0. The topological polar surface area (TPSA) is 37.4 Å². The van der Waals surface area contributed by atoms with Gasteiger partial charge in [0.2, 0.25) is 10.0 Å². The highest BCUT2D eigenvalue weighted by Crippen LogP contribution is 2.17. The van der Waals surface area contributed by atoms with Crippen molar-refractivity contribution in [1.29, 1.82) is 0 Å². The molecule has 78 valence electrons. The molecule has 1 aromatic carbocycles. The van der Waals surface area contributed by atoms with Gasteiger partial charge in [-0.05, 0) is 18.6 Å². The van der Waals surface area contributed by atoms with Gasteiger partial charge in [-0.25, -0.2) is 12.7 Å². The Hall–Kier alpha value is -0.870. The Morgan fingerprint density at radius 1 is 1.29 bits per heavy atom. The van der Waals surface area contributed by atoms with E-state index in [1.54, 1.807) is 32.2 Å². The second-order valence-electron chi connectivity index (χ2n) is 3.18. The predicted molar refractivity (Wildman–Crippen MR) is 56.7 cm³/mol. The molecule has 1 aromatic rings. The first-order valence-electron chi connectivity index (χ1n) is 4.52. The summed E-state index contributed by atoms with van der Waals surface area (Å²) in [6.45, 7) is 4.10. The van der Waals surface area contributed by atoms with E-state index in [0.717, 1.165) is 5.56 Å². The van der Waals surface area contributed by atoms with Crippen molar-refractivity contribution < 1.29 is 8.42 Å². The van der Waals surface area contributed by atoms with Crippen molar-refractivity contribution in [3.63, 3.8) is 0 Å². The Balaban J connectivity index is 3.24. The van der Waals surface area contributed by atoms with Crippen LogP contribution in [-0.4, -0.2) is 26.3 Å². The van der Waals surface area contributed by atoms with Crippen LogP contribution in [0, 0.1) is 6.92 Å². The maximum absolute atomic E-state index is 11.9. The minimum absolute atomic E-state index is 0.393. The molecule has 0 N–H and O–H groups in total. The molecule has 0 radical (unpaired) electrons. The number of hydrogen-bond acceptors (Lipinski definition) is 2. The van der Waals surface area contributed by atoms with Crippen LogP contribution < -0.4 is 0 Å². The third kappa shape index (κ3) is 1.96. The molecule has 0 unspecified atom stereocenters. The van der Waals surface area contributed by atoms with E-state index in [4.69, 9.17) is 0 Å². The summed E-state index contributed by atoms with van der Waals surface area (Å²) in [4.78, 5) is 0.393. The van der Waals surface area contributed by atoms with Gasteiger partial charge in [0.1, 0.15) is 0 Å². The summed E-state index contributed by atoms with van der Waals surface area (Å²) in [6, 6.07) is 7.01. The number of aryl methyl sites for hydroxylation is 1. The van der Waals surface area contributed by atoms with Gasteiger partial charge in [-0.3, -0.25) is 0 Å². The van der Waals surface area contributed by atoms with Crippen LogP contribution in [-0.2, 0) is 10.0 Å². The molecule has 0 aliphatic heterocycles. The minimum Gasteiger partial charge on any atom is -0.207 e. The minimum atomic E-state index is -3.29. The lowest BCUT2D eigenvalue weighted by Crippen LogP contribution is -2.27. The Morgan fingerprint density at radius 3 is 2.36 bits per heavy atom. The smallest absolute Gasteiger partial charge is 0.207 e. The molecule has 0 fully saturated rings. The van der Waals surface area contributed by atoms with Crippen LogP contribution in [0.2, 0.25) is 0 Å². The number of sulfonamides is 1. The van der Waals surface area contributed by atoms with Gasteiger partial charge in [0.15, 0.2) is 0 Å². The van der Waals surface area contributed by atoms with Crippen LogP contribution in [0.4, 0.5) is 0 Å². The fraction of sp³-hybridized carbons (Fsp3) is 0.400. The Labute approximate surface area is 85.4 Å². The molecule has 0 aliphatic rings. The summed E-state index contributed by atoms with van der Waals surface area (Å²) < 4.78 is 25.2. The first-order chi connectivity index (χ1) is 6.50. The molecule has 0 atom stereocenters. The van der Waals surface area contributed by atoms with Gasteiger partial charge < -0.3 is 0 Å². The zero-order valence-corrected chi connectivity index (χ0v) is 9.50. The number of nitrogens with zero attached hydrogens (tertiary/aromatic N) is 1. The van der Waals surface area contributed by atoms with Crippen molar-refractivity contribution in [1.82, 2.24) is 4.31 Å². The largest absolute Gasteiger partial charge is 0.243 e. The molecule has 0 spiro atoms. The van der Waals surface area contributed by atoms with Crippen molar-refractivity contribution in [3.05, 3.63) is 29.8 Å². The third-order valence-corrected chi connectivity index (χ3v) is 4.32. The van der Waals surface area contributed by atoms with Crippen molar-refractivity contribution in [2.24, 2.45) is 0 Å². The zero-order chi connectivity index (χ0) is 10.8. The van der Waals surface area contributed by atoms with Crippen LogP contribution in [0.3, 0.4) is 0 Å². The average molecular weight is 213 g/mol. The van der Waals surface area contributed by atoms with Gasteiger partial charge in [0, 0.05) is 13.6 Å². The molecule has 0 heterocycles. The second-order valence-corrected chi connectivity index (χ2v) is 5.20. The van der Waals surface area contributed by atoms with Crippen LogP contribution in [0.15, 0.2) is 29.2 Å². The molecule has 0 bridgehead atoms. The van der Waals surface area contributed by atoms with E-state index in [9.17, 15) is 8.42 Å². The normalized spacial score (nSPS) is 12.0. The second kappa shape index (κ2) is 4.11. The van der Waals surface area contributed by atoms with Crippen molar-refractivity contribution in [3.8, 4) is 0 Å².